The molecular weight excluding hydrogens is 267 g/mol. The Hall–Kier alpha value is -2.34. The van der Waals surface area contributed by atoms with Crippen molar-refractivity contribution in [2.24, 2.45) is 0 Å². The van der Waals surface area contributed by atoms with Crippen LogP contribution in [0.15, 0.2) is 36.7 Å². The van der Waals surface area contributed by atoms with E-state index in [0.717, 1.165) is 10.9 Å². The van der Waals surface area contributed by atoms with Gasteiger partial charge >= 0.3 is 5.97 Å². The molecule has 2 heterocycles. The SMILES string of the molecule is O=C(O)c1ccc2nc(-c3cncc(F)c3)sc2c1. The van der Waals surface area contributed by atoms with Gasteiger partial charge in [0.1, 0.15) is 10.8 Å². The van der Waals surface area contributed by atoms with Crippen molar-refractivity contribution in [2.45, 2.75) is 0 Å². The third kappa shape index (κ3) is 2.17. The van der Waals surface area contributed by atoms with E-state index in [2.05, 4.69) is 9.97 Å². The third-order valence-corrected chi connectivity index (χ3v) is 3.65. The quantitative estimate of drug-likeness (QED) is 0.779. The van der Waals surface area contributed by atoms with E-state index < -0.39 is 11.8 Å². The number of hydrogen-bond acceptors (Lipinski definition) is 4. The minimum atomic E-state index is -0.982. The highest BCUT2D eigenvalue weighted by Crippen LogP contribution is 2.30. The van der Waals surface area contributed by atoms with Crippen LogP contribution >= 0.6 is 11.3 Å². The lowest BCUT2D eigenvalue weighted by atomic mass is 10.2. The van der Waals surface area contributed by atoms with Crippen molar-refractivity contribution in [1.29, 1.82) is 0 Å². The molecule has 0 aliphatic rings. The Balaban J connectivity index is 2.14. The number of rotatable bonds is 2. The third-order valence-electron chi connectivity index (χ3n) is 2.59. The molecule has 19 heavy (non-hydrogen) atoms. The predicted molar refractivity (Wildman–Crippen MR) is 69.8 cm³/mol. The van der Waals surface area contributed by atoms with Crippen molar-refractivity contribution in [2.75, 3.05) is 0 Å². The van der Waals surface area contributed by atoms with Gasteiger partial charge in [-0.15, -0.1) is 11.3 Å². The first-order valence-corrected chi connectivity index (χ1v) is 6.20. The molecule has 4 nitrogen and oxygen atoms in total. The minimum absolute atomic E-state index is 0.208. The number of carboxylic acid groups (broad SMARTS) is 1. The second-order valence-electron chi connectivity index (χ2n) is 3.90. The maximum Gasteiger partial charge on any atom is 0.335 e. The van der Waals surface area contributed by atoms with E-state index in [1.165, 1.54) is 29.7 Å². The number of carboxylic acids is 1. The zero-order chi connectivity index (χ0) is 13.4. The minimum Gasteiger partial charge on any atom is -0.478 e. The number of hydrogen-bond donors (Lipinski definition) is 1. The van der Waals surface area contributed by atoms with Crippen LogP contribution in [-0.4, -0.2) is 21.0 Å². The van der Waals surface area contributed by atoms with Crippen molar-refractivity contribution in [3.05, 3.63) is 48.0 Å². The van der Waals surface area contributed by atoms with Gasteiger partial charge in [0.2, 0.25) is 0 Å². The van der Waals surface area contributed by atoms with Crippen LogP contribution in [0, 0.1) is 5.82 Å². The molecule has 3 rings (SSSR count). The molecule has 0 amide bonds. The molecule has 94 valence electrons. The molecule has 0 aliphatic carbocycles. The van der Waals surface area contributed by atoms with Gasteiger partial charge in [0.05, 0.1) is 22.0 Å². The summed E-state index contributed by atoms with van der Waals surface area (Å²) < 4.78 is 13.9. The van der Waals surface area contributed by atoms with Crippen LogP contribution in [0.4, 0.5) is 4.39 Å². The van der Waals surface area contributed by atoms with Crippen LogP contribution in [0.1, 0.15) is 10.4 Å². The maximum absolute atomic E-state index is 13.1. The van der Waals surface area contributed by atoms with E-state index in [4.69, 9.17) is 5.11 Å². The summed E-state index contributed by atoms with van der Waals surface area (Å²) in [7, 11) is 0. The molecule has 2 aromatic heterocycles. The van der Waals surface area contributed by atoms with E-state index in [0.29, 0.717) is 16.1 Å². The highest BCUT2D eigenvalue weighted by Gasteiger charge is 2.10. The first kappa shape index (κ1) is 11.7. The number of aromatic nitrogens is 2. The van der Waals surface area contributed by atoms with E-state index in [-0.39, 0.29) is 5.56 Å². The van der Waals surface area contributed by atoms with Gasteiger partial charge in [0.15, 0.2) is 0 Å². The van der Waals surface area contributed by atoms with Gasteiger partial charge in [-0.25, -0.2) is 14.2 Å². The molecule has 0 radical (unpaired) electrons. The lowest BCUT2D eigenvalue weighted by molar-refractivity contribution is 0.0697. The predicted octanol–water partition coefficient (Wildman–Crippen LogP) is 3.20. The summed E-state index contributed by atoms with van der Waals surface area (Å²) in [5.41, 5.74) is 1.48. The Morgan fingerprint density at radius 3 is 2.84 bits per heavy atom. The fraction of sp³-hybridized carbons (Fsp3) is 0. The average molecular weight is 274 g/mol. The summed E-state index contributed by atoms with van der Waals surface area (Å²) in [5.74, 6) is -1.41. The normalized spacial score (nSPS) is 10.8. The molecule has 0 saturated carbocycles. The molecule has 0 saturated heterocycles. The number of thiazole rings is 1. The van der Waals surface area contributed by atoms with Crippen molar-refractivity contribution in [1.82, 2.24) is 9.97 Å². The topological polar surface area (TPSA) is 63.1 Å². The lowest BCUT2D eigenvalue weighted by Gasteiger charge is -1.93. The van der Waals surface area contributed by atoms with Gasteiger partial charge in [-0.1, -0.05) is 0 Å². The smallest absolute Gasteiger partial charge is 0.335 e. The van der Waals surface area contributed by atoms with E-state index in [1.54, 1.807) is 12.1 Å². The van der Waals surface area contributed by atoms with Gasteiger partial charge < -0.3 is 5.11 Å². The van der Waals surface area contributed by atoms with Crippen LogP contribution in [-0.2, 0) is 0 Å². The molecule has 0 unspecified atom stereocenters. The number of aromatic carboxylic acids is 1. The number of halogens is 1. The second kappa shape index (κ2) is 4.40. The molecular formula is C13H7FN2O2S. The highest BCUT2D eigenvalue weighted by atomic mass is 32.1. The fourth-order valence-corrected chi connectivity index (χ4v) is 2.70. The van der Waals surface area contributed by atoms with E-state index in [1.807, 2.05) is 0 Å². The number of fused-ring (bicyclic) bond motifs is 1. The summed E-state index contributed by atoms with van der Waals surface area (Å²) >= 11 is 1.31. The molecule has 6 heteroatoms. The van der Waals surface area contributed by atoms with Crippen molar-refractivity contribution >= 4 is 27.5 Å². The van der Waals surface area contributed by atoms with Gasteiger partial charge in [0, 0.05) is 11.8 Å². The molecule has 0 aliphatic heterocycles. The molecule has 0 atom stereocenters. The summed E-state index contributed by atoms with van der Waals surface area (Å²) in [6.07, 6.45) is 2.65. The maximum atomic E-state index is 13.1. The van der Waals surface area contributed by atoms with Crippen molar-refractivity contribution in [3.63, 3.8) is 0 Å². The van der Waals surface area contributed by atoms with E-state index in [9.17, 15) is 9.18 Å². The summed E-state index contributed by atoms with van der Waals surface area (Å²) in [6.45, 7) is 0. The Morgan fingerprint density at radius 2 is 2.11 bits per heavy atom. The number of pyridine rings is 1. The highest BCUT2D eigenvalue weighted by molar-refractivity contribution is 7.21. The van der Waals surface area contributed by atoms with Crippen LogP contribution in [0.3, 0.4) is 0 Å². The molecule has 1 N–H and O–H groups in total. The molecule has 0 fully saturated rings. The molecule has 1 aromatic carbocycles. The Bertz CT molecular complexity index is 785. The number of nitrogens with zero attached hydrogens (tertiary/aromatic N) is 2. The standard InChI is InChI=1S/C13H7FN2O2S/c14-9-3-8(5-15-6-9)12-16-10-2-1-7(13(17)18)4-11(10)19-12/h1-6H,(H,17,18). The van der Waals surface area contributed by atoms with Gasteiger partial charge in [0.25, 0.3) is 0 Å². The van der Waals surface area contributed by atoms with Crippen LogP contribution in [0.5, 0.6) is 0 Å². The number of benzene rings is 1. The van der Waals surface area contributed by atoms with E-state index >= 15 is 0 Å². The summed E-state index contributed by atoms with van der Waals surface area (Å²) in [4.78, 5) is 19.0. The van der Waals surface area contributed by atoms with Crippen molar-refractivity contribution in [3.8, 4) is 10.6 Å². The van der Waals surface area contributed by atoms with Crippen LogP contribution < -0.4 is 0 Å². The van der Waals surface area contributed by atoms with Gasteiger partial charge in [-0.05, 0) is 24.3 Å². The van der Waals surface area contributed by atoms with Crippen LogP contribution in [0.25, 0.3) is 20.8 Å². The second-order valence-corrected chi connectivity index (χ2v) is 4.93. The number of carbonyl (C=O) groups is 1. The molecule has 3 aromatic rings. The molecule has 0 bridgehead atoms. The summed E-state index contributed by atoms with van der Waals surface area (Å²) in [5, 5.41) is 9.54. The first-order valence-electron chi connectivity index (χ1n) is 5.38. The monoisotopic (exact) mass is 274 g/mol. The Labute approximate surface area is 111 Å². The zero-order valence-corrected chi connectivity index (χ0v) is 10.3. The van der Waals surface area contributed by atoms with Crippen molar-refractivity contribution < 1.29 is 14.3 Å². The average Bonchev–Trinajstić information content (AvgIpc) is 2.81. The van der Waals surface area contributed by atoms with Crippen LogP contribution in [0.2, 0.25) is 0 Å². The van der Waals surface area contributed by atoms with Gasteiger partial charge in [-0.2, -0.15) is 0 Å². The van der Waals surface area contributed by atoms with Gasteiger partial charge in [-0.3, -0.25) is 4.98 Å². The Morgan fingerprint density at radius 1 is 1.26 bits per heavy atom. The summed E-state index contributed by atoms with van der Waals surface area (Å²) in [6, 6.07) is 6.05. The fourth-order valence-electron chi connectivity index (χ4n) is 1.71. The zero-order valence-electron chi connectivity index (χ0n) is 9.50. The Kier molecular flexibility index (Phi) is 2.72. The largest absolute Gasteiger partial charge is 0.478 e. The first-order chi connectivity index (χ1) is 9.13. The molecule has 0 spiro atoms. The lowest BCUT2D eigenvalue weighted by Crippen LogP contribution is -1.94.